The summed E-state index contributed by atoms with van der Waals surface area (Å²) in [6.07, 6.45) is 6.44. The molecule has 5 aliphatic rings. The van der Waals surface area contributed by atoms with Crippen molar-refractivity contribution in [3.05, 3.63) is 22.4 Å². The summed E-state index contributed by atoms with van der Waals surface area (Å²) in [5, 5.41) is 10.7. The smallest absolute Gasteiger partial charge is 0.256 e. The minimum Gasteiger partial charge on any atom is -0.390 e. The van der Waals surface area contributed by atoms with Crippen molar-refractivity contribution >= 4 is 11.7 Å². The lowest BCUT2D eigenvalue weighted by molar-refractivity contribution is -0.0230. The van der Waals surface area contributed by atoms with E-state index in [1.807, 2.05) is 11.8 Å². The molecular formula is C25H35N3O3. The predicted octanol–water partition coefficient (Wildman–Crippen LogP) is 3.52. The Labute approximate surface area is 185 Å². The lowest BCUT2D eigenvalue weighted by atomic mass is 9.87. The Kier molecular flexibility index (Phi) is 4.15. The fraction of sp³-hybridized carbons (Fsp3) is 0.760. The van der Waals surface area contributed by atoms with Gasteiger partial charge in [-0.25, -0.2) is 4.98 Å². The third-order valence-electron chi connectivity index (χ3n) is 8.80. The standard InChI is InChI=1S/C25H35N3O3/c1-14-15(2)22(26-21-18-12-25(4,30)8-10-28(18)23(29)20(14)21)27-9-5-19(16-11-17(16)27)31-13-24(3)6-7-24/h16-19,30H,5-13H2,1-4H3. The number of amides is 1. The van der Waals surface area contributed by atoms with Crippen molar-refractivity contribution in [1.29, 1.82) is 0 Å². The van der Waals surface area contributed by atoms with E-state index in [-0.39, 0.29) is 11.9 Å². The summed E-state index contributed by atoms with van der Waals surface area (Å²) >= 11 is 0. The van der Waals surface area contributed by atoms with E-state index in [1.54, 1.807) is 0 Å². The highest BCUT2D eigenvalue weighted by Crippen LogP contribution is 2.51. The van der Waals surface area contributed by atoms with Crippen LogP contribution in [0.5, 0.6) is 0 Å². The molecule has 0 radical (unpaired) electrons. The molecule has 2 aliphatic carbocycles. The molecule has 1 amide bonds. The number of aromatic nitrogens is 1. The second kappa shape index (κ2) is 6.44. The van der Waals surface area contributed by atoms with Crippen molar-refractivity contribution in [2.45, 2.75) is 90.0 Å². The monoisotopic (exact) mass is 425 g/mol. The lowest BCUT2D eigenvalue weighted by Crippen LogP contribution is -2.43. The maximum absolute atomic E-state index is 13.2. The van der Waals surface area contributed by atoms with Gasteiger partial charge in [0, 0.05) is 31.5 Å². The first kappa shape index (κ1) is 20.0. The molecule has 5 unspecified atom stereocenters. The third-order valence-corrected chi connectivity index (χ3v) is 8.80. The summed E-state index contributed by atoms with van der Waals surface area (Å²) < 4.78 is 6.36. The lowest BCUT2D eigenvalue weighted by Gasteiger charge is -2.38. The van der Waals surface area contributed by atoms with Crippen LogP contribution in [0.2, 0.25) is 0 Å². The zero-order valence-electron chi connectivity index (χ0n) is 19.3. The molecule has 1 N–H and O–H groups in total. The molecule has 2 saturated heterocycles. The average molecular weight is 426 g/mol. The van der Waals surface area contributed by atoms with Crippen LogP contribution >= 0.6 is 0 Å². The zero-order chi connectivity index (χ0) is 21.7. The van der Waals surface area contributed by atoms with E-state index in [4.69, 9.17) is 9.72 Å². The molecule has 6 rings (SSSR count). The van der Waals surface area contributed by atoms with Gasteiger partial charge in [-0.1, -0.05) is 6.92 Å². The molecule has 31 heavy (non-hydrogen) atoms. The summed E-state index contributed by atoms with van der Waals surface area (Å²) in [6.45, 7) is 10.9. The molecule has 0 aromatic carbocycles. The first-order valence-electron chi connectivity index (χ1n) is 12.1. The van der Waals surface area contributed by atoms with Crippen LogP contribution in [0, 0.1) is 25.2 Å². The Bertz CT molecular complexity index is 954. The van der Waals surface area contributed by atoms with E-state index in [1.165, 1.54) is 19.3 Å². The van der Waals surface area contributed by atoms with E-state index in [0.29, 0.717) is 42.9 Å². The quantitative estimate of drug-likeness (QED) is 0.800. The topological polar surface area (TPSA) is 65.9 Å². The molecule has 1 aromatic rings. The van der Waals surface area contributed by atoms with Crippen molar-refractivity contribution in [1.82, 2.24) is 9.88 Å². The number of nitrogens with zero attached hydrogens (tertiary/aromatic N) is 3. The molecule has 0 spiro atoms. The van der Waals surface area contributed by atoms with Crippen LogP contribution in [0.15, 0.2) is 0 Å². The van der Waals surface area contributed by atoms with Crippen LogP contribution in [0.3, 0.4) is 0 Å². The summed E-state index contributed by atoms with van der Waals surface area (Å²) in [5.41, 5.74) is 3.58. The van der Waals surface area contributed by atoms with E-state index >= 15 is 0 Å². The Balaban J connectivity index is 1.27. The van der Waals surface area contributed by atoms with E-state index in [2.05, 4.69) is 25.7 Å². The number of anilines is 1. The number of aliphatic hydroxyl groups is 1. The molecule has 2 saturated carbocycles. The van der Waals surface area contributed by atoms with Gasteiger partial charge in [0.25, 0.3) is 5.91 Å². The predicted molar refractivity (Wildman–Crippen MR) is 118 cm³/mol. The number of hydrogen-bond acceptors (Lipinski definition) is 5. The van der Waals surface area contributed by atoms with Gasteiger partial charge in [-0.15, -0.1) is 0 Å². The maximum Gasteiger partial charge on any atom is 0.256 e. The van der Waals surface area contributed by atoms with Gasteiger partial charge in [-0.2, -0.15) is 0 Å². The SMILES string of the molecule is Cc1c(N2CCC(OCC3(C)CC3)C3CC32)nc2c(c1C)C(=O)N1CCC(C)(O)CC21. The van der Waals surface area contributed by atoms with Crippen LogP contribution < -0.4 is 4.90 Å². The van der Waals surface area contributed by atoms with Crippen molar-refractivity contribution in [3.63, 3.8) is 0 Å². The van der Waals surface area contributed by atoms with Gasteiger partial charge >= 0.3 is 0 Å². The van der Waals surface area contributed by atoms with Crippen molar-refractivity contribution in [2.75, 3.05) is 24.6 Å². The van der Waals surface area contributed by atoms with Gasteiger partial charge in [-0.05, 0) is 69.4 Å². The Morgan fingerprint density at radius 2 is 1.90 bits per heavy atom. The molecule has 6 nitrogen and oxygen atoms in total. The van der Waals surface area contributed by atoms with E-state index in [9.17, 15) is 9.90 Å². The van der Waals surface area contributed by atoms with Crippen molar-refractivity contribution in [3.8, 4) is 0 Å². The summed E-state index contributed by atoms with van der Waals surface area (Å²) in [7, 11) is 0. The molecule has 3 aliphatic heterocycles. The maximum atomic E-state index is 13.2. The summed E-state index contributed by atoms with van der Waals surface area (Å²) in [5.74, 6) is 1.76. The van der Waals surface area contributed by atoms with Crippen molar-refractivity contribution < 1.29 is 14.6 Å². The van der Waals surface area contributed by atoms with Crippen LogP contribution in [0.4, 0.5) is 5.82 Å². The number of rotatable bonds is 4. The van der Waals surface area contributed by atoms with Crippen molar-refractivity contribution in [2.24, 2.45) is 11.3 Å². The number of fused-ring (bicyclic) bond motifs is 4. The van der Waals surface area contributed by atoms with Gasteiger partial charge in [0.15, 0.2) is 0 Å². The normalized spacial score (nSPS) is 37.4. The van der Waals surface area contributed by atoms with Gasteiger partial charge in [0.2, 0.25) is 0 Å². The van der Waals surface area contributed by atoms with Gasteiger partial charge in [-0.3, -0.25) is 4.79 Å². The number of pyridine rings is 1. The average Bonchev–Trinajstić information content (AvgIpc) is 3.63. The minimum absolute atomic E-state index is 0.0973. The van der Waals surface area contributed by atoms with Crippen LogP contribution in [-0.2, 0) is 4.74 Å². The molecule has 1 aromatic heterocycles. The van der Waals surface area contributed by atoms with E-state index < -0.39 is 5.60 Å². The Hall–Kier alpha value is -1.66. The molecule has 4 fully saturated rings. The number of carbonyl (C=O) groups excluding carboxylic acids is 1. The zero-order valence-corrected chi connectivity index (χ0v) is 19.3. The fourth-order valence-electron chi connectivity index (χ4n) is 6.11. The highest BCUT2D eigenvalue weighted by atomic mass is 16.5. The van der Waals surface area contributed by atoms with Gasteiger partial charge < -0.3 is 19.6 Å². The third kappa shape index (κ3) is 3.12. The molecule has 5 atom stereocenters. The highest BCUT2D eigenvalue weighted by molar-refractivity contribution is 6.01. The Morgan fingerprint density at radius 3 is 2.65 bits per heavy atom. The summed E-state index contributed by atoms with van der Waals surface area (Å²) in [4.78, 5) is 22.7. The number of carbonyl (C=O) groups is 1. The molecule has 4 heterocycles. The molecule has 168 valence electrons. The largest absolute Gasteiger partial charge is 0.390 e. The van der Waals surface area contributed by atoms with Gasteiger partial charge in [0.1, 0.15) is 5.82 Å². The van der Waals surface area contributed by atoms with Crippen LogP contribution in [-0.4, -0.2) is 58.3 Å². The molecular weight excluding hydrogens is 390 g/mol. The van der Waals surface area contributed by atoms with E-state index in [0.717, 1.165) is 47.8 Å². The molecule has 6 heteroatoms. The first-order chi connectivity index (χ1) is 14.7. The Morgan fingerprint density at radius 1 is 1.13 bits per heavy atom. The number of piperidine rings is 2. The second-order valence-corrected chi connectivity index (χ2v) is 11.5. The van der Waals surface area contributed by atoms with Gasteiger partial charge in [0.05, 0.1) is 35.6 Å². The second-order valence-electron chi connectivity index (χ2n) is 11.5. The van der Waals surface area contributed by atoms with Crippen LogP contribution in [0.25, 0.3) is 0 Å². The highest BCUT2D eigenvalue weighted by Gasteiger charge is 2.53. The molecule has 0 bridgehead atoms. The fourth-order valence-corrected chi connectivity index (χ4v) is 6.11. The number of hydrogen-bond donors (Lipinski definition) is 1. The first-order valence-corrected chi connectivity index (χ1v) is 12.1. The number of ether oxygens (including phenoxy) is 1. The minimum atomic E-state index is -0.737. The summed E-state index contributed by atoms with van der Waals surface area (Å²) in [6, 6.07) is 0.413. The van der Waals surface area contributed by atoms with Crippen LogP contribution in [0.1, 0.15) is 85.6 Å².